The number of ether oxygens (including phenoxy) is 1. The first-order chi connectivity index (χ1) is 11.2. The van der Waals surface area contributed by atoms with Gasteiger partial charge in [0.05, 0.1) is 17.9 Å². The van der Waals surface area contributed by atoms with Gasteiger partial charge in [-0.2, -0.15) is 0 Å². The van der Waals surface area contributed by atoms with Gasteiger partial charge in [0.2, 0.25) is 0 Å². The van der Waals surface area contributed by atoms with Gasteiger partial charge in [0.15, 0.2) is 0 Å². The van der Waals surface area contributed by atoms with Gasteiger partial charge in [0.1, 0.15) is 0 Å². The zero-order valence-electron chi connectivity index (χ0n) is 13.3. The maximum absolute atomic E-state index is 12.5. The summed E-state index contributed by atoms with van der Waals surface area (Å²) in [5.41, 5.74) is 1.31. The standard InChI is InChI=1S/C16H22N4O3/c1-3-5-18-14-10-13(11-17-12-14)15(21)19-6-8-20(9-7-19)16(22)23-4-2/h3,10-12,18H,1,4-9H2,2H3. The molecule has 1 N–H and O–H groups in total. The Morgan fingerprint density at radius 2 is 2.00 bits per heavy atom. The van der Waals surface area contributed by atoms with Gasteiger partial charge < -0.3 is 19.9 Å². The lowest BCUT2D eigenvalue weighted by atomic mass is 10.2. The number of anilines is 1. The number of carbonyl (C=O) groups excluding carboxylic acids is 2. The van der Waals surface area contributed by atoms with E-state index in [-0.39, 0.29) is 12.0 Å². The first-order valence-corrected chi connectivity index (χ1v) is 7.66. The first-order valence-electron chi connectivity index (χ1n) is 7.66. The van der Waals surface area contributed by atoms with Crippen molar-refractivity contribution in [3.8, 4) is 0 Å². The van der Waals surface area contributed by atoms with Crippen LogP contribution in [0.15, 0.2) is 31.1 Å². The molecule has 1 aromatic rings. The number of carbonyl (C=O) groups is 2. The molecule has 0 unspecified atom stereocenters. The molecule has 0 aliphatic carbocycles. The van der Waals surface area contributed by atoms with Crippen LogP contribution >= 0.6 is 0 Å². The molecule has 1 aliphatic rings. The smallest absolute Gasteiger partial charge is 0.409 e. The predicted octanol–water partition coefficient (Wildman–Crippen LogP) is 1.59. The Balaban J connectivity index is 1.94. The molecule has 2 amide bonds. The van der Waals surface area contributed by atoms with Crippen LogP contribution < -0.4 is 5.32 Å². The summed E-state index contributed by atoms with van der Waals surface area (Å²) in [5.74, 6) is -0.0803. The minimum absolute atomic E-state index is 0.0803. The fraction of sp³-hybridized carbons (Fsp3) is 0.438. The second-order valence-electron chi connectivity index (χ2n) is 5.11. The molecule has 0 atom stereocenters. The van der Waals surface area contributed by atoms with Crippen molar-refractivity contribution < 1.29 is 14.3 Å². The second kappa shape index (κ2) is 8.17. The number of pyridine rings is 1. The molecule has 0 bridgehead atoms. The monoisotopic (exact) mass is 318 g/mol. The van der Waals surface area contributed by atoms with E-state index in [0.29, 0.717) is 44.9 Å². The molecule has 2 rings (SSSR count). The van der Waals surface area contributed by atoms with Crippen molar-refractivity contribution >= 4 is 17.7 Å². The van der Waals surface area contributed by atoms with Crippen molar-refractivity contribution in [3.05, 3.63) is 36.7 Å². The molecule has 1 aromatic heterocycles. The van der Waals surface area contributed by atoms with Gasteiger partial charge in [0.25, 0.3) is 5.91 Å². The molecule has 23 heavy (non-hydrogen) atoms. The van der Waals surface area contributed by atoms with E-state index in [4.69, 9.17) is 4.74 Å². The highest BCUT2D eigenvalue weighted by molar-refractivity contribution is 5.94. The van der Waals surface area contributed by atoms with Crippen LogP contribution in [-0.4, -0.2) is 66.1 Å². The van der Waals surface area contributed by atoms with Crippen LogP contribution in [0.4, 0.5) is 10.5 Å². The van der Waals surface area contributed by atoms with Crippen LogP contribution in [0.5, 0.6) is 0 Å². The molecule has 0 aromatic carbocycles. The average Bonchev–Trinajstić information content (AvgIpc) is 2.60. The van der Waals surface area contributed by atoms with Crippen LogP contribution in [0.2, 0.25) is 0 Å². The summed E-state index contributed by atoms with van der Waals surface area (Å²) in [5, 5.41) is 3.11. The third kappa shape index (κ3) is 4.45. The lowest BCUT2D eigenvalue weighted by molar-refractivity contribution is 0.0570. The van der Waals surface area contributed by atoms with Crippen LogP contribution in [-0.2, 0) is 4.74 Å². The molecule has 2 heterocycles. The summed E-state index contributed by atoms with van der Waals surface area (Å²) in [4.78, 5) is 31.6. The lowest BCUT2D eigenvalue weighted by Gasteiger charge is -2.34. The number of piperazine rings is 1. The van der Waals surface area contributed by atoms with Gasteiger partial charge in [0, 0.05) is 45.1 Å². The molecular formula is C16H22N4O3. The predicted molar refractivity (Wildman–Crippen MR) is 87.4 cm³/mol. The van der Waals surface area contributed by atoms with Crippen LogP contribution in [0.25, 0.3) is 0 Å². The Kier molecular flexibility index (Phi) is 5.96. The number of nitrogens with one attached hydrogen (secondary N) is 1. The largest absolute Gasteiger partial charge is 0.450 e. The summed E-state index contributed by atoms with van der Waals surface area (Å²) >= 11 is 0. The molecular weight excluding hydrogens is 296 g/mol. The van der Waals surface area contributed by atoms with Gasteiger partial charge in [-0.1, -0.05) is 6.08 Å². The fourth-order valence-electron chi connectivity index (χ4n) is 2.33. The number of hydrogen-bond acceptors (Lipinski definition) is 5. The van der Waals surface area contributed by atoms with Crippen molar-refractivity contribution in [1.29, 1.82) is 0 Å². The molecule has 124 valence electrons. The van der Waals surface area contributed by atoms with E-state index >= 15 is 0 Å². The zero-order valence-corrected chi connectivity index (χ0v) is 13.3. The van der Waals surface area contributed by atoms with Crippen molar-refractivity contribution in [2.75, 3.05) is 44.6 Å². The number of nitrogens with zero attached hydrogens (tertiary/aromatic N) is 3. The SMILES string of the molecule is C=CCNc1cncc(C(=O)N2CCN(C(=O)OCC)CC2)c1. The van der Waals surface area contributed by atoms with E-state index in [1.165, 1.54) is 0 Å². The van der Waals surface area contributed by atoms with Gasteiger partial charge in [-0.15, -0.1) is 6.58 Å². The van der Waals surface area contributed by atoms with Gasteiger partial charge in [-0.3, -0.25) is 9.78 Å². The third-order valence-electron chi connectivity index (χ3n) is 3.53. The molecule has 1 aliphatic heterocycles. The highest BCUT2D eigenvalue weighted by Gasteiger charge is 2.25. The van der Waals surface area contributed by atoms with E-state index in [1.807, 2.05) is 0 Å². The van der Waals surface area contributed by atoms with E-state index in [2.05, 4.69) is 16.9 Å². The summed E-state index contributed by atoms with van der Waals surface area (Å²) in [6.45, 7) is 8.31. The lowest BCUT2D eigenvalue weighted by Crippen LogP contribution is -2.50. The third-order valence-corrected chi connectivity index (χ3v) is 3.53. The normalized spacial score (nSPS) is 14.3. The molecule has 7 heteroatoms. The quantitative estimate of drug-likeness (QED) is 0.835. The zero-order chi connectivity index (χ0) is 16.7. The van der Waals surface area contributed by atoms with E-state index in [9.17, 15) is 9.59 Å². The van der Waals surface area contributed by atoms with E-state index in [0.717, 1.165) is 5.69 Å². The minimum Gasteiger partial charge on any atom is -0.450 e. The molecule has 0 radical (unpaired) electrons. The van der Waals surface area contributed by atoms with E-state index < -0.39 is 0 Å². The van der Waals surface area contributed by atoms with Crippen LogP contribution in [0, 0.1) is 0 Å². The molecule has 1 fully saturated rings. The van der Waals surface area contributed by atoms with Crippen molar-refractivity contribution in [1.82, 2.24) is 14.8 Å². The Morgan fingerprint density at radius 1 is 1.30 bits per heavy atom. The molecule has 1 saturated heterocycles. The topological polar surface area (TPSA) is 74.8 Å². The first kappa shape index (κ1) is 16.8. The number of rotatable bonds is 5. The summed E-state index contributed by atoms with van der Waals surface area (Å²) in [7, 11) is 0. The second-order valence-corrected chi connectivity index (χ2v) is 5.11. The number of hydrogen-bond donors (Lipinski definition) is 1. The highest BCUT2D eigenvalue weighted by Crippen LogP contribution is 2.13. The van der Waals surface area contributed by atoms with Crippen LogP contribution in [0.3, 0.4) is 0 Å². The summed E-state index contributed by atoms with van der Waals surface area (Å²) in [6.07, 6.45) is 4.64. The van der Waals surface area contributed by atoms with Crippen molar-refractivity contribution in [3.63, 3.8) is 0 Å². The van der Waals surface area contributed by atoms with Gasteiger partial charge >= 0.3 is 6.09 Å². The summed E-state index contributed by atoms with van der Waals surface area (Å²) in [6, 6.07) is 1.77. The molecule has 7 nitrogen and oxygen atoms in total. The summed E-state index contributed by atoms with van der Waals surface area (Å²) < 4.78 is 4.97. The Bertz CT molecular complexity index is 568. The Morgan fingerprint density at radius 3 is 2.65 bits per heavy atom. The Labute approximate surface area is 135 Å². The average molecular weight is 318 g/mol. The van der Waals surface area contributed by atoms with Crippen LogP contribution in [0.1, 0.15) is 17.3 Å². The number of amides is 2. The van der Waals surface area contributed by atoms with Gasteiger partial charge in [-0.25, -0.2) is 4.79 Å². The van der Waals surface area contributed by atoms with Gasteiger partial charge in [-0.05, 0) is 13.0 Å². The maximum atomic E-state index is 12.5. The fourth-order valence-corrected chi connectivity index (χ4v) is 2.33. The Hall–Kier alpha value is -2.57. The highest BCUT2D eigenvalue weighted by atomic mass is 16.6. The number of aromatic nitrogens is 1. The van der Waals surface area contributed by atoms with E-state index in [1.54, 1.807) is 41.3 Å². The minimum atomic E-state index is -0.322. The molecule has 0 saturated carbocycles. The molecule has 0 spiro atoms. The van der Waals surface area contributed by atoms with Crippen molar-refractivity contribution in [2.24, 2.45) is 0 Å². The van der Waals surface area contributed by atoms with Crippen molar-refractivity contribution in [2.45, 2.75) is 6.92 Å². The maximum Gasteiger partial charge on any atom is 0.409 e.